The first-order chi connectivity index (χ1) is 5.63. The fourth-order valence-corrected chi connectivity index (χ4v) is 2.08. The largest absolute Gasteiger partial charge is 0.477 e. The molecule has 4 nitrogen and oxygen atoms in total. The van der Waals surface area contributed by atoms with Gasteiger partial charge in [-0.25, -0.2) is 4.79 Å². The highest BCUT2D eigenvalue weighted by molar-refractivity contribution is 6.37. The molecule has 0 bridgehead atoms. The summed E-state index contributed by atoms with van der Waals surface area (Å²) in [5.41, 5.74) is -0.122. The molecule has 0 spiro atoms. The summed E-state index contributed by atoms with van der Waals surface area (Å²) in [6, 6.07) is 0. The molecule has 2 aliphatic rings. The molecule has 0 aromatic rings. The zero-order valence-electron chi connectivity index (χ0n) is 6.91. The minimum atomic E-state index is -0.939. The Morgan fingerprint density at radius 3 is 3.25 bits per heavy atom. The topological polar surface area (TPSA) is 58.9 Å². The van der Waals surface area contributed by atoms with Gasteiger partial charge in [0.05, 0.1) is 5.92 Å². The van der Waals surface area contributed by atoms with Crippen LogP contribution in [-0.4, -0.2) is 22.4 Å². The Morgan fingerprint density at radius 2 is 2.58 bits per heavy atom. The minimum Gasteiger partial charge on any atom is -0.477 e. The third-order valence-electron chi connectivity index (χ3n) is 2.80. The summed E-state index contributed by atoms with van der Waals surface area (Å²) in [5, 5.41) is 12.4. The summed E-state index contributed by atoms with van der Waals surface area (Å²) in [6.45, 7) is 1.93. The molecule has 1 heterocycles. The first kappa shape index (κ1) is 7.58. The van der Waals surface area contributed by atoms with Gasteiger partial charge in [-0.2, -0.15) is 0 Å². The molecule has 0 unspecified atom stereocenters. The fourth-order valence-electron chi connectivity index (χ4n) is 2.08. The summed E-state index contributed by atoms with van der Waals surface area (Å²) >= 11 is 0. The quantitative estimate of drug-likeness (QED) is 0.637. The van der Waals surface area contributed by atoms with Crippen LogP contribution in [0.5, 0.6) is 0 Å². The molecule has 0 aromatic carbocycles. The van der Waals surface area contributed by atoms with Crippen LogP contribution in [0.2, 0.25) is 0 Å². The highest BCUT2D eigenvalue weighted by Crippen LogP contribution is 2.43. The number of aliphatic carboxylic acids is 1. The molecule has 1 saturated carbocycles. The molecule has 2 atom stereocenters. The predicted molar refractivity (Wildman–Crippen MR) is 41.9 cm³/mol. The zero-order valence-corrected chi connectivity index (χ0v) is 6.91. The van der Waals surface area contributed by atoms with Crippen molar-refractivity contribution in [1.82, 2.24) is 0 Å². The number of nitrogens with zero attached hydrogens (tertiary/aromatic N) is 1. The van der Waals surface area contributed by atoms with Crippen LogP contribution in [-0.2, 0) is 9.63 Å². The van der Waals surface area contributed by atoms with Gasteiger partial charge in [-0.3, -0.25) is 0 Å². The van der Waals surface area contributed by atoms with E-state index in [1.54, 1.807) is 0 Å². The van der Waals surface area contributed by atoms with Gasteiger partial charge in [-0.1, -0.05) is 5.16 Å². The monoisotopic (exact) mass is 169 g/mol. The lowest BCUT2D eigenvalue weighted by Crippen LogP contribution is -2.33. The summed E-state index contributed by atoms with van der Waals surface area (Å²) in [7, 11) is 0. The van der Waals surface area contributed by atoms with Gasteiger partial charge in [-0.05, 0) is 26.2 Å². The molecule has 0 radical (unpaired) electrons. The summed E-state index contributed by atoms with van der Waals surface area (Å²) in [4.78, 5) is 15.8. The number of oxime groups is 1. The van der Waals surface area contributed by atoms with Crippen molar-refractivity contribution in [2.75, 3.05) is 0 Å². The van der Waals surface area contributed by atoms with Crippen LogP contribution in [0.25, 0.3) is 0 Å². The van der Waals surface area contributed by atoms with Crippen LogP contribution < -0.4 is 0 Å². The average Bonchev–Trinajstić information content (AvgIpc) is 2.43. The van der Waals surface area contributed by atoms with Gasteiger partial charge in [0, 0.05) is 0 Å². The third-order valence-corrected chi connectivity index (χ3v) is 2.80. The van der Waals surface area contributed by atoms with Crippen molar-refractivity contribution in [3.05, 3.63) is 0 Å². The smallest absolute Gasteiger partial charge is 0.354 e. The highest BCUT2D eigenvalue weighted by atomic mass is 16.7. The number of carboxylic acid groups (broad SMARTS) is 1. The Kier molecular flexibility index (Phi) is 1.40. The molecule has 2 rings (SSSR count). The summed E-state index contributed by atoms with van der Waals surface area (Å²) in [5.74, 6) is -0.930. The van der Waals surface area contributed by atoms with E-state index in [0.717, 1.165) is 19.3 Å². The average molecular weight is 169 g/mol. The van der Waals surface area contributed by atoms with E-state index in [1.807, 2.05) is 6.92 Å². The van der Waals surface area contributed by atoms with Crippen molar-refractivity contribution in [3.63, 3.8) is 0 Å². The number of carbonyl (C=O) groups is 1. The SMILES string of the molecule is C[C@]12CCC[C@H]1C(C(=O)O)=NO2. The van der Waals surface area contributed by atoms with Gasteiger partial charge in [0.25, 0.3) is 0 Å². The predicted octanol–water partition coefficient (Wildman–Crippen LogP) is 1.02. The van der Waals surface area contributed by atoms with Crippen LogP contribution in [0.15, 0.2) is 5.16 Å². The Bertz CT molecular complexity index is 261. The van der Waals surface area contributed by atoms with Crippen LogP contribution in [0, 0.1) is 5.92 Å². The normalized spacial score (nSPS) is 38.8. The van der Waals surface area contributed by atoms with Crippen molar-refractivity contribution in [2.24, 2.45) is 11.1 Å². The van der Waals surface area contributed by atoms with Crippen molar-refractivity contribution in [1.29, 1.82) is 0 Å². The van der Waals surface area contributed by atoms with Crippen molar-refractivity contribution >= 4 is 11.7 Å². The lowest BCUT2D eigenvalue weighted by molar-refractivity contribution is -0.129. The Morgan fingerprint density at radius 1 is 1.83 bits per heavy atom. The molecule has 1 aliphatic carbocycles. The Labute approximate surface area is 70.2 Å². The molecule has 0 saturated heterocycles. The maximum Gasteiger partial charge on any atom is 0.354 e. The summed E-state index contributed by atoms with van der Waals surface area (Å²) < 4.78 is 0. The van der Waals surface area contributed by atoms with Crippen molar-refractivity contribution in [2.45, 2.75) is 31.8 Å². The second kappa shape index (κ2) is 2.21. The lowest BCUT2D eigenvalue weighted by atomic mass is 9.89. The van der Waals surface area contributed by atoms with E-state index >= 15 is 0 Å². The molecule has 1 N–H and O–H groups in total. The molecular formula is C8H11NO3. The molecule has 12 heavy (non-hydrogen) atoms. The van der Waals surface area contributed by atoms with Crippen LogP contribution in [0.4, 0.5) is 0 Å². The van der Waals surface area contributed by atoms with Gasteiger partial charge in [0.1, 0.15) is 5.60 Å². The second-order valence-electron chi connectivity index (χ2n) is 3.63. The van der Waals surface area contributed by atoms with E-state index in [-0.39, 0.29) is 17.2 Å². The second-order valence-corrected chi connectivity index (χ2v) is 3.63. The number of hydrogen-bond donors (Lipinski definition) is 1. The van der Waals surface area contributed by atoms with E-state index in [4.69, 9.17) is 9.94 Å². The van der Waals surface area contributed by atoms with Crippen LogP contribution in [0.3, 0.4) is 0 Å². The molecule has 4 heteroatoms. The molecule has 1 fully saturated rings. The number of hydrogen-bond acceptors (Lipinski definition) is 3. The zero-order chi connectivity index (χ0) is 8.77. The number of carboxylic acids is 1. The number of fused-ring (bicyclic) bond motifs is 1. The Balaban J connectivity index is 2.26. The van der Waals surface area contributed by atoms with E-state index < -0.39 is 5.97 Å². The van der Waals surface area contributed by atoms with Gasteiger partial charge >= 0.3 is 5.97 Å². The first-order valence-electron chi connectivity index (χ1n) is 4.13. The van der Waals surface area contributed by atoms with Crippen LogP contribution >= 0.6 is 0 Å². The minimum absolute atomic E-state index is 0.00926. The van der Waals surface area contributed by atoms with E-state index in [9.17, 15) is 4.79 Å². The van der Waals surface area contributed by atoms with Gasteiger partial charge in [0.2, 0.25) is 0 Å². The highest BCUT2D eigenvalue weighted by Gasteiger charge is 2.50. The van der Waals surface area contributed by atoms with Crippen LogP contribution in [0.1, 0.15) is 26.2 Å². The van der Waals surface area contributed by atoms with E-state index in [0.29, 0.717) is 0 Å². The molecule has 0 amide bonds. The Hall–Kier alpha value is -1.06. The summed E-state index contributed by atoms with van der Waals surface area (Å²) in [6.07, 6.45) is 2.84. The molecular weight excluding hydrogens is 158 g/mol. The molecule has 0 aromatic heterocycles. The van der Waals surface area contributed by atoms with Gasteiger partial charge < -0.3 is 9.94 Å². The van der Waals surface area contributed by atoms with E-state index in [2.05, 4.69) is 5.16 Å². The molecule has 1 aliphatic heterocycles. The van der Waals surface area contributed by atoms with Gasteiger partial charge in [-0.15, -0.1) is 0 Å². The standard InChI is InChI=1S/C8H11NO3/c1-8-4-2-3-5(8)6(7(10)11)9-12-8/h5H,2-4H2,1H3,(H,10,11)/t5-,8-/m0/s1. The first-order valence-corrected chi connectivity index (χ1v) is 4.13. The van der Waals surface area contributed by atoms with Gasteiger partial charge in [0.15, 0.2) is 5.71 Å². The van der Waals surface area contributed by atoms with Crippen molar-refractivity contribution in [3.8, 4) is 0 Å². The molecule has 66 valence electrons. The maximum absolute atomic E-state index is 10.7. The van der Waals surface area contributed by atoms with Crippen molar-refractivity contribution < 1.29 is 14.7 Å². The number of rotatable bonds is 1. The van der Waals surface area contributed by atoms with E-state index in [1.165, 1.54) is 0 Å². The maximum atomic E-state index is 10.7. The third kappa shape index (κ3) is 0.838. The fraction of sp³-hybridized carbons (Fsp3) is 0.750. The lowest BCUT2D eigenvalue weighted by Gasteiger charge is -2.20.